The summed E-state index contributed by atoms with van der Waals surface area (Å²) in [7, 11) is 0. The number of benzene rings is 2. The van der Waals surface area contributed by atoms with Crippen molar-refractivity contribution in [2.24, 2.45) is 0 Å². The topological polar surface area (TPSA) is 32.7 Å². The van der Waals surface area contributed by atoms with Crippen LogP contribution in [0.4, 0.5) is 0 Å². The van der Waals surface area contributed by atoms with Gasteiger partial charge in [-0.2, -0.15) is 0 Å². The van der Waals surface area contributed by atoms with Crippen molar-refractivity contribution in [1.29, 1.82) is 0 Å². The smallest absolute Gasteiger partial charge is 0.145 e. The third kappa shape index (κ3) is 4.31. The summed E-state index contributed by atoms with van der Waals surface area (Å²) in [5.74, 6) is 10.4. The van der Waals surface area contributed by atoms with E-state index in [-0.39, 0.29) is 0 Å². The molecule has 0 bridgehead atoms. The lowest BCUT2D eigenvalue weighted by atomic mass is 9.78. The number of thioether (sulfide) groups is 2. The molecule has 1 saturated heterocycles. The monoisotopic (exact) mass is 467 g/mol. The zero-order chi connectivity index (χ0) is 22.6. The maximum Gasteiger partial charge on any atom is 0.145 e. The minimum atomic E-state index is -1.14. The molecule has 0 unspecified atom stereocenters. The van der Waals surface area contributed by atoms with Crippen LogP contribution in [0.5, 0.6) is 11.5 Å². The first-order chi connectivity index (χ1) is 15.5. The second kappa shape index (κ2) is 10.1. The Hall–Kier alpha value is -1.58. The van der Waals surface area contributed by atoms with Crippen LogP contribution in [-0.2, 0) is 5.60 Å². The zero-order valence-corrected chi connectivity index (χ0v) is 20.9. The van der Waals surface area contributed by atoms with Crippen molar-refractivity contribution in [2.75, 3.05) is 24.6 Å². The Bertz CT molecular complexity index is 943. The van der Waals surface area contributed by atoms with Gasteiger partial charge in [-0.3, -0.25) is 4.90 Å². The molecule has 0 aromatic heterocycles. The second-order valence-electron chi connectivity index (χ2n) is 8.62. The van der Waals surface area contributed by atoms with Gasteiger partial charge in [0.05, 0.1) is 10.6 Å². The summed E-state index contributed by atoms with van der Waals surface area (Å²) in [5, 5.41) is 12.6. The molecule has 0 amide bonds. The van der Waals surface area contributed by atoms with Crippen LogP contribution in [0.25, 0.3) is 0 Å². The molecule has 0 atom stereocenters. The Labute approximate surface area is 201 Å². The van der Waals surface area contributed by atoms with Gasteiger partial charge in [0, 0.05) is 23.6 Å². The molecule has 4 rings (SSSR count). The lowest BCUT2D eigenvalue weighted by Gasteiger charge is -2.50. The highest BCUT2D eigenvalue weighted by molar-refractivity contribution is 8.18. The van der Waals surface area contributed by atoms with Crippen LogP contribution in [0, 0.1) is 11.8 Å². The predicted molar refractivity (Wildman–Crippen MR) is 138 cm³/mol. The van der Waals surface area contributed by atoms with Crippen molar-refractivity contribution in [2.45, 2.75) is 55.8 Å². The van der Waals surface area contributed by atoms with E-state index in [0.29, 0.717) is 6.04 Å². The molecule has 3 nitrogen and oxygen atoms in total. The molecule has 2 aliphatic heterocycles. The van der Waals surface area contributed by atoms with E-state index < -0.39 is 9.68 Å². The Morgan fingerprint density at radius 1 is 1.00 bits per heavy atom. The molecular formula is C27H33NO2S2. The summed E-state index contributed by atoms with van der Waals surface area (Å²) >= 11 is 3.79. The number of para-hydroxylation sites is 2. The number of rotatable bonds is 6. The van der Waals surface area contributed by atoms with E-state index in [2.05, 4.69) is 37.5 Å². The van der Waals surface area contributed by atoms with Crippen molar-refractivity contribution in [3.8, 4) is 23.3 Å². The van der Waals surface area contributed by atoms with E-state index in [0.717, 1.165) is 60.1 Å². The summed E-state index contributed by atoms with van der Waals surface area (Å²) in [6.45, 7) is 8.41. The van der Waals surface area contributed by atoms with Crippen LogP contribution in [0.1, 0.15) is 51.2 Å². The third-order valence-electron chi connectivity index (χ3n) is 6.41. The molecule has 0 saturated carbocycles. The van der Waals surface area contributed by atoms with E-state index in [1.807, 2.05) is 72.1 Å². The van der Waals surface area contributed by atoms with Gasteiger partial charge in [-0.25, -0.2) is 0 Å². The van der Waals surface area contributed by atoms with E-state index in [9.17, 15) is 5.11 Å². The van der Waals surface area contributed by atoms with Gasteiger partial charge in [-0.15, -0.1) is 29.4 Å². The average Bonchev–Trinajstić information content (AvgIpc) is 2.82. The molecule has 2 heterocycles. The molecular weight excluding hydrogens is 434 g/mol. The SMILES string of the molecule is CCN(CC#CCCC1(C2(O)c3ccccc3Oc3ccccc32)SCCCS1)C(C)C. The van der Waals surface area contributed by atoms with Gasteiger partial charge in [0.2, 0.25) is 0 Å². The van der Waals surface area contributed by atoms with Crippen LogP contribution < -0.4 is 4.74 Å². The number of hydrogen-bond acceptors (Lipinski definition) is 5. The number of fused-ring (bicyclic) bond motifs is 2. The minimum absolute atomic E-state index is 0.404. The van der Waals surface area contributed by atoms with Gasteiger partial charge >= 0.3 is 0 Å². The molecule has 32 heavy (non-hydrogen) atoms. The quantitative estimate of drug-likeness (QED) is 0.518. The Morgan fingerprint density at radius 3 is 2.16 bits per heavy atom. The van der Waals surface area contributed by atoms with Gasteiger partial charge in [-0.05, 0) is 56.9 Å². The average molecular weight is 468 g/mol. The zero-order valence-electron chi connectivity index (χ0n) is 19.3. The second-order valence-corrected chi connectivity index (χ2v) is 11.7. The largest absolute Gasteiger partial charge is 0.457 e. The molecule has 0 radical (unpaired) electrons. The van der Waals surface area contributed by atoms with Crippen LogP contribution >= 0.6 is 23.5 Å². The molecule has 2 aromatic carbocycles. The first-order valence-corrected chi connectivity index (χ1v) is 13.6. The summed E-state index contributed by atoms with van der Waals surface area (Å²) in [6.07, 6.45) is 2.75. The third-order valence-corrected chi connectivity index (χ3v) is 10.0. The number of ether oxygens (including phenoxy) is 1. The highest BCUT2D eigenvalue weighted by Gasteiger charge is 2.57. The fraction of sp³-hybridized carbons (Fsp3) is 0.481. The van der Waals surface area contributed by atoms with Gasteiger partial charge < -0.3 is 9.84 Å². The van der Waals surface area contributed by atoms with Crippen molar-refractivity contribution in [1.82, 2.24) is 4.90 Å². The van der Waals surface area contributed by atoms with E-state index in [1.165, 1.54) is 6.42 Å². The Morgan fingerprint density at radius 2 is 1.59 bits per heavy atom. The van der Waals surface area contributed by atoms with Gasteiger partial charge in [0.25, 0.3) is 0 Å². The lowest BCUT2D eigenvalue weighted by molar-refractivity contribution is 0.0540. The standard InChI is InChI=1S/C27H33NO2S2/c1-4-28(21(2)3)18-11-5-10-17-26(31-19-12-20-32-26)27(29)22-13-6-8-15-24(22)30-25-16-9-7-14-23(25)27/h6-9,13-16,21,29H,4,10,12,17-20H2,1-3H3. The highest BCUT2D eigenvalue weighted by Crippen LogP contribution is 2.62. The summed E-state index contributed by atoms with van der Waals surface area (Å²) in [4.78, 5) is 2.37. The van der Waals surface area contributed by atoms with Gasteiger partial charge in [0.1, 0.15) is 17.1 Å². The van der Waals surface area contributed by atoms with E-state index in [4.69, 9.17) is 4.74 Å². The molecule has 5 heteroatoms. The molecule has 2 aliphatic rings. The van der Waals surface area contributed by atoms with Gasteiger partial charge in [0.15, 0.2) is 0 Å². The van der Waals surface area contributed by atoms with Gasteiger partial charge in [-0.1, -0.05) is 49.2 Å². The molecule has 170 valence electrons. The fourth-order valence-corrected chi connectivity index (χ4v) is 8.23. The first kappa shape index (κ1) is 23.6. The molecule has 2 aromatic rings. The molecule has 0 spiro atoms. The predicted octanol–water partition coefficient (Wildman–Crippen LogP) is 6.11. The van der Waals surface area contributed by atoms with Crippen LogP contribution in [-0.4, -0.2) is 44.7 Å². The highest BCUT2D eigenvalue weighted by atomic mass is 32.2. The minimum Gasteiger partial charge on any atom is -0.457 e. The van der Waals surface area contributed by atoms with Crippen LogP contribution in [0.15, 0.2) is 48.5 Å². The van der Waals surface area contributed by atoms with Crippen molar-refractivity contribution >= 4 is 23.5 Å². The van der Waals surface area contributed by atoms with Crippen molar-refractivity contribution in [3.63, 3.8) is 0 Å². The Balaban J connectivity index is 1.68. The fourth-order valence-electron chi connectivity index (χ4n) is 4.62. The summed E-state index contributed by atoms with van der Waals surface area (Å²) in [6, 6.07) is 16.4. The molecule has 0 aliphatic carbocycles. The van der Waals surface area contributed by atoms with Crippen LogP contribution in [0.3, 0.4) is 0 Å². The molecule has 1 N–H and O–H groups in total. The number of aliphatic hydroxyl groups is 1. The van der Waals surface area contributed by atoms with E-state index >= 15 is 0 Å². The van der Waals surface area contributed by atoms with Crippen molar-refractivity contribution in [3.05, 3.63) is 59.7 Å². The summed E-state index contributed by atoms with van der Waals surface area (Å²) < 4.78 is 5.80. The number of nitrogens with zero attached hydrogens (tertiary/aromatic N) is 1. The molecule has 1 fully saturated rings. The first-order valence-electron chi connectivity index (χ1n) is 11.6. The normalized spacial score (nSPS) is 18.3. The number of hydrogen-bond donors (Lipinski definition) is 1. The summed E-state index contributed by atoms with van der Waals surface area (Å²) in [5.41, 5.74) is 0.597. The maximum absolute atomic E-state index is 12.6. The van der Waals surface area contributed by atoms with E-state index in [1.54, 1.807) is 0 Å². The van der Waals surface area contributed by atoms with Crippen LogP contribution in [0.2, 0.25) is 0 Å². The lowest BCUT2D eigenvalue weighted by Crippen LogP contribution is -2.51. The Kier molecular flexibility index (Phi) is 7.47. The van der Waals surface area contributed by atoms with Crippen molar-refractivity contribution < 1.29 is 9.84 Å². The maximum atomic E-state index is 12.6.